The summed E-state index contributed by atoms with van der Waals surface area (Å²) in [5, 5.41) is 14.7. The van der Waals surface area contributed by atoms with Crippen molar-refractivity contribution >= 4 is 32.3 Å². The van der Waals surface area contributed by atoms with Gasteiger partial charge in [0.05, 0.1) is 21.8 Å². The molecule has 2 aromatic carbocycles. The van der Waals surface area contributed by atoms with Crippen LogP contribution < -0.4 is 10.0 Å². The van der Waals surface area contributed by atoms with Gasteiger partial charge in [0.1, 0.15) is 5.69 Å². The maximum absolute atomic E-state index is 13.6. The number of benzene rings is 2. The van der Waals surface area contributed by atoms with Crippen molar-refractivity contribution in [1.82, 2.24) is 24.1 Å². The molecule has 0 atom stereocenters. The van der Waals surface area contributed by atoms with Gasteiger partial charge in [0.15, 0.2) is 16.5 Å². The van der Waals surface area contributed by atoms with E-state index >= 15 is 0 Å². The predicted molar refractivity (Wildman–Crippen MR) is 141 cm³/mol. The van der Waals surface area contributed by atoms with Crippen LogP contribution in [0.25, 0.3) is 27.6 Å². The van der Waals surface area contributed by atoms with Crippen molar-refractivity contribution in [1.29, 1.82) is 0 Å². The Morgan fingerprint density at radius 3 is 2.52 bits per heavy atom. The Bertz CT molecular complexity index is 1770. The van der Waals surface area contributed by atoms with Gasteiger partial charge in [-0.15, -0.1) is 11.3 Å². The molecule has 9 nitrogen and oxygen atoms in total. The summed E-state index contributed by atoms with van der Waals surface area (Å²) in [5.41, 5.74) is 1.17. The van der Waals surface area contributed by atoms with Crippen molar-refractivity contribution in [3.8, 4) is 28.4 Å². The first-order chi connectivity index (χ1) is 19.0. The summed E-state index contributed by atoms with van der Waals surface area (Å²) in [6.07, 6.45) is -0.877. The van der Waals surface area contributed by atoms with E-state index in [0.29, 0.717) is 34.0 Å². The smallest absolute Gasteiger partial charge is 0.416 e. The molecule has 5 rings (SSSR count). The monoisotopic (exact) mass is 592 g/mol. The van der Waals surface area contributed by atoms with Crippen LogP contribution in [0.1, 0.15) is 12.0 Å². The van der Waals surface area contributed by atoms with Crippen LogP contribution in [0.4, 0.5) is 23.5 Å². The lowest BCUT2D eigenvalue weighted by molar-refractivity contribution is -0.137. The first-order valence-electron chi connectivity index (χ1n) is 11.7. The standard InChI is InChI=1S/C25H20F4N6O3S2/c26-18-7-2-15(14-20(18)36)21-22(35-12-13-39-24(35)34-21)19-8-11-31-23(33-19)30-9-1-10-32-40(37,38)17-5-3-16(4-6-17)25(27,28)29/h2-8,11-14,32,36H,1,9-10H2,(H,30,31,33). The second-order valence-electron chi connectivity index (χ2n) is 8.50. The fraction of sp³-hybridized carbons (Fsp3) is 0.160. The maximum atomic E-state index is 13.6. The molecule has 0 fully saturated rings. The van der Waals surface area contributed by atoms with Crippen LogP contribution in [-0.4, -0.2) is 46.0 Å². The second kappa shape index (κ2) is 10.8. The summed E-state index contributed by atoms with van der Waals surface area (Å²) in [6.45, 7) is 0.310. The van der Waals surface area contributed by atoms with E-state index in [9.17, 15) is 31.1 Å². The average Bonchev–Trinajstić information content (AvgIpc) is 3.51. The van der Waals surface area contributed by atoms with Crippen molar-refractivity contribution < 1.29 is 31.1 Å². The summed E-state index contributed by atoms with van der Waals surface area (Å²) in [4.78, 5) is 13.8. The molecule has 0 saturated carbocycles. The molecule has 208 valence electrons. The number of aromatic hydroxyl groups is 1. The highest BCUT2D eigenvalue weighted by Crippen LogP contribution is 2.35. The zero-order valence-corrected chi connectivity index (χ0v) is 22.0. The summed E-state index contributed by atoms with van der Waals surface area (Å²) < 4.78 is 80.8. The van der Waals surface area contributed by atoms with Crippen molar-refractivity contribution in [3.05, 3.63) is 77.7 Å². The molecule has 5 aromatic rings. The van der Waals surface area contributed by atoms with E-state index in [2.05, 4.69) is 25.0 Å². The highest BCUT2D eigenvalue weighted by Gasteiger charge is 2.30. The van der Waals surface area contributed by atoms with Crippen LogP contribution >= 0.6 is 11.3 Å². The molecule has 3 N–H and O–H groups in total. The van der Waals surface area contributed by atoms with Crippen LogP contribution in [0.3, 0.4) is 0 Å². The lowest BCUT2D eigenvalue weighted by atomic mass is 10.1. The van der Waals surface area contributed by atoms with E-state index in [1.165, 1.54) is 29.7 Å². The molecular formula is C25H20F4N6O3S2. The van der Waals surface area contributed by atoms with Crippen LogP contribution in [0.2, 0.25) is 0 Å². The molecule has 15 heteroatoms. The van der Waals surface area contributed by atoms with E-state index < -0.39 is 33.3 Å². The van der Waals surface area contributed by atoms with Crippen molar-refractivity contribution in [2.45, 2.75) is 17.5 Å². The van der Waals surface area contributed by atoms with Crippen LogP contribution in [0, 0.1) is 5.82 Å². The molecule has 0 radical (unpaired) electrons. The number of phenolic OH excluding ortho intramolecular Hbond substituents is 1. The third-order valence-electron chi connectivity index (χ3n) is 5.80. The Morgan fingerprint density at radius 2 is 1.80 bits per heavy atom. The molecule has 0 unspecified atom stereocenters. The Balaban J connectivity index is 1.25. The number of nitrogens with one attached hydrogen (secondary N) is 2. The number of fused-ring (bicyclic) bond motifs is 1. The number of rotatable bonds is 9. The summed E-state index contributed by atoms with van der Waals surface area (Å²) in [5.74, 6) is -0.985. The normalized spacial score (nSPS) is 12.2. The summed E-state index contributed by atoms with van der Waals surface area (Å²) in [7, 11) is -3.98. The van der Waals surface area contributed by atoms with Gasteiger partial charge in [-0.3, -0.25) is 4.40 Å². The van der Waals surface area contributed by atoms with Crippen LogP contribution in [0.15, 0.2) is 71.2 Å². The summed E-state index contributed by atoms with van der Waals surface area (Å²) in [6, 6.07) is 8.88. The predicted octanol–water partition coefficient (Wildman–Crippen LogP) is 5.16. The van der Waals surface area contributed by atoms with E-state index in [0.717, 1.165) is 30.3 Å². The van der Waals surface area contributed by atoms with Crippen molar-refractivity contribution in [3.63, 3.8) is 0 Å². The van der Waals surface area contributed by atoms with Gasteiger partial charge in [0.2, 0.25) is 16.0 Å². The fourth-order valence-electron chi connectivity index (χ4n) is 3.87. The highest BCUT2D eigenvalue weighted by atomic mass is 32.2. The number of phenols is 1. The molecule has 0 aliphatic carbocycles. The highest BCUT2D eigenvalue weighted by molar-refractivity contribution is 7.89. The number of anilines is 1. The second-order valence-corrected chi connectivity index (χ2v) is 11.1. The molecule has 0 amide bonds. The largest absolute Gasteiger partial charge is 0.505 e. The van der Waals surface area contributed by atoms with Gasteiger partial charge in [0.25, 0.3) is 0 Å². The number of aromatic nitrogens is 4. The third-order valence-corrected chi connectivity index (χ3v) is 8.03. The SMILES string of the molecule is O=S(=O)(NCCCNc1nccc(-c2c(-c3ccc(F)c(O)c3)nc3sccn23)n1)c1ccc(C(F)(F)F)cc1. The number of nitrogens with zero attached hydrogens (tertiary/aromatic N) is 4. The lowest BCUT2D eigenvalue weighted by Crippen LogP contribution is -2.26. The molecule has 0 aliphatic rings. The summed E-state index contributed by atoms with van der Waals surface area (Å²) >= 11 is 1.39. The number of halogens is 4. The van der Waals surface area contributed by atoms with Crippen molar-refractivity contribution in [2.24, 2.45) is 0 Å². The van der Waals surface area contributed by atoms with Gasteiger partial charge >= 0.3 is 6.18 Å². The number of alkyl halides is 3. The minimum absolute atomic E-state index is 0.0202. The number of thiazole rings is 1. The van der Waals surface area contributed by atoms with Gasteiger partial charge in [-0.1, -0.05) is 0 Å². The number of imidazole rings is 1. The Kier molecular flexibility index (Phi) is 7.44. The van der Waals surface area contributed by atoms with Crippen LogP contribution in [0.5, 0.6) is 5.75 Å². The van der Waals surface area contributed by atoms with Gasteiger partial charge in [-0.25, -0.2) is 32.5 Å². The zero-order chi connectivity index (χ0) is 28.5. The molecule has 0 bridgehead atoms. The maximum Gasteiger partial charge on any atom is 0.416 e. The molecular weight excluding hydrogens is 572 g/mol. The van der Waals surface area contributed by atoms with E-state index in [4.69, 9.17) is 0 Å². The van der Waals surface area contributed by atoms with E-state index in [1.807, 2.05) is 16.0 Å². The quantitative estimate of drug-likeness (QED) is 0.160. The van der Waals surface area contributed by atoms with Gasteiger partial charge in [-0.05, 0) is 55.0 Å². The fourth-order valence-corrected chi connectivity index (χ4v) is 5.66. The van der Waals surface area contributed by atoms with E-state index in [1.54, 1.807) is 6.07 Å². The number of hydrogen-bond acceptors (Lipinski definition) is 8. The molecule has 3 aromatic heterocycles. The molecule has 40 heavy (non-hydrogen) atoms. The third kappa shape index (κ3) is 5.76. The van der Waals surface area contributed by atoms with E-state index in [-0.39, 0.29) is 23.9 Å². The first kappa shape index (κ1) is 27.5. The minimum atomic E-state index is -4.56. The minimum Gasteiger partial charge on any atom is -0.505 e. The molecule has 0 aliphatic heterocycles. The van der Waals surface area contributed by atoms with Crippen molar-refractivity contribution in [2.75, 3.05) is 18.4 Å². The van der Waals surface area contributed by atoms with Gasteiger partial charge < -0.3 is 10.4 Å². The molecule has 0 saturated heterocycles. The molecule has 0 spiro atoms. The zero-order valence-electron chi connectivity index (χ0n) is 20.4. The number of hydrogen-bond donors (Lipinski definition) is 3. The van der Waals surface area contributed by atoms with Crippen LogP contribution in [-0.2, 0) is 16.2 Å². The Labute approximate surface area is 229 Å². The number of sulfonamides is 1. The molecule has 3 heterocycles. The lowest BCUT2D eigenvalue weighted by Gasteiger charge is -2.10. The Hall–Kier alpha value is -4.08. The van der Waals surface area contributed by atoms with Gasteiger partial charge in [-0.2, -0.15) is 13.2 Å². The van der Waals surface area contributed by atoms with Gasteiger partial charge in [0, 0.05) is 36.4 Å². The average molecular weight is 593 g/mol. The first-order valence-corrected chi connectivity index (χ1v) is 14.1. The topological polar surface area (TPSA) is 122 Å². The Morgan fingerprint density at radius 1 is 1.02 bits per heavy atom.